The standard InChI is InChI=1S/C17H21N3O3/c1-12-6-15(23-19-12)8-14-10-20(11-16(14)22-2)17(21)7-13-4-3-5-18-9-13/h3-6,9,14,16H,7-8,10-11H2,1-2H3. The molecule has 0 spiro atoms. The third-order valence-corrected chi connectivity index (χ3v) is 4.25. The van der Waals surface area contributed by atoms with E-state index >= 15 is 0 Å². The zero-order valence-electron chi connectivity index (χ0n) is 13.4. The lowest BCUT2D eigenvalue weighted by Gasteiger charge is -2.15. The van der Waals surface area contributed by atoms with Gasteiger partial charge in [-0.15, -0.1) is 0 Å². The Labute approximate surface area is 135 Å². The third-order valence-electron chi connectivity index (χ3n) is 4.25. The quantitative estimate of drug-likeness (QED) is 0.839. The Morgan fingerprint density at radius 2 is 2.35 bits per heavy atom. The summed E-state index contributed by atoms with van der Waals surface area (Å²) < 4.78 is 10.9. The van der Waals surface area contributed by atoms with Crippen LogP contribution in [0.1, 0.15) is 17.0 Å². The van der Waals surface area contributed by atoms with Crippen molar-refractivity contribution in [3.63, 3.8) is 0 Å². The van der Waals surface area contributed by atoms with Crippen molar-refractivity contribution in [2.24, 2.45) is 5.92 Å². The van der Waals surface area contributed by atoms with Gasteiger partial charge in [0.15, 0.2) is 0 Å². The van der Waals surface area contributed by atoms with E-state index in [1.807, 2.05) is 30.0 Å². The summed E-state index contributed by atoms with van der Waals surface area (Å²) in [5.41, 5.74) is 1.80. The number of pyridine rings is 1. The molecule has 1 saturated heterocycles. The lowest BCUT2D eigenvalue weighted by molar-refractivity contribution is -0.129. The molecule has 3 rings (SSSR count). The number of hydrogen-bond donors (Lipinski definition) is 0. The van der Waals surface area contributed by atoms with Gasteiger partial charge in [-0.05, 0) is 18.6 Å². The Bertz CT molecular complexity index is 656. The second-order valence-electron chi connectivity index (χ2n) is 6.01. The molecule has 2 atom stereocenters. The fourth-order valence-electron chi connectivity index (χ4n) is 3.07. The minimum absolute atomic E-state index is 0.0262. The van der Waals surface area contributed by atoms with Gasteiger partial charge in [-0.3, -0.25) is 9.78 Å². The maximum Gasteiger partial charge on any atom is 0.227 e. The average molecular weight is 315 g/mol. The van der Waals surface area contributed by atoms with Crippen molar-refractivity contribution in [2.45, 2.75) is 25.9 Å². The van der Waals surface area contributed by atoms with Crippen LogP contribution in [0.5, 0.6) is 0 Å². The number of carbonyl (C=O) groups excluding carboxylic acids is 1. The van der Waals surface area contributed by atoms with Crippen molar-refractivity contribution >= 4 is 5.91 Å². The van der Waals surface area contributed by atoms with Gasteiger partial charge < -0.3 is 14.2 Å². The number of likely N-dealkylation sites (tertiary alicyclic amines) is 1. The van der Waals surface area contributed by atoms with E-state index in [0.717, 1.165) is 23.4 Å². The number of carbonyl (C=O) groups is 1. The molecule has 3 heterocycles. The number of rotatable bonds is 5. The van der Waals surface area contributed by atoms with Crippen LogP contribution in [0.4, 0.5) is 0 Å². The van der Waals surface area contributed by atoms with Gasteiger partial charge in [-0.2, -0.15) is 0 Å². The van der Waals surface area contributed by atoms with Gasteiger partial charge in [0.1, 0.15) is 5.76 Å². The first-order chi connectivity index (χ1) is 11.2. The van der Waals surface area contributed by atoms with Crippen LogP contribution >= 0.6 is 0 Å². The molecule has 6 heteroatoms. The number of aromatic nitrogens is 2. The second-order valence-corrected chi connectivity index (χ2v) is 6.01. The monoisotopic (exact) mass is 315 g/mol. The third kappa shape index (κ3) is 3.76. The van der Waals surface area contributed by atoms with Crippen LogP contribution in [0.3, 0.4) is 0 Å². The molecule has 1 aliphatic heterocycles. The van der Waals surface area contributed by atoms with Crippen LogP contribution in [0.15, 0.2) is 35.1 Å². The topological polar surface area (TPSA) is 68.5 Å². The summed E-state index contributed by atoms with van der Waals surface area (Å²) in [6.07, 6.45) is 4.57. The molecule has 6 nitrogen and oxygen atoms in total. The molecule has 2 aromatic rings. The SMILES string of the molecule is COC1CN(C(=O)Cc2cccnc2)CC1Cc1cc(C)no1. The Morgan fingerprint density at radius 3 is 3.00 bits per heavy atom. The van der Waals surface area contributed by atoms with Crippen LogP contribution in [-0.2, 0) is 22.4 Å². The summed E-state index contributed by atoms with van der Waals surface area (Å²) in [7, 11) is 1.69. The maximum atomic E-state index is 12.5. The van der Waals surface area contributed by atoms with E-state index in [2.05, 4.69) is 10.1 Å². The zero-order chi connectivity index (χ0) is 16.2. The normalized spacial score (nSPS) is 20.9. The zero-order valence-corrected chi connectivity index (χ0v) is 13.4. The van der Waals surface area contributed by atoms with Crippen LogP contribution in [-0.4, -0.2) is 47.3 Å². The van der Waals surface area contributed by atoms with Gasteiger partial charge in [0.05, 0.1) is 18.2 Å². The minimum atomic E-state index is 0.0262. The van der Waals surface area contributed by atoms with Crippen LogP contribution in [0.2, 0.25) is 0 Å². The molecule has 23 heavy (non-hydrogen) atoms. The van der Waals surface area contributed by atoms with E-state index in [1.165, 1.54) is 0 Å². The molecule has 2 aromatic heterocycles. The predicted molar refractivity (Wildman–Crippen MR) is 83.8 cm³/mol. The first-order valence-electron chi connectivity index (χ1n) is 7.77. The van der Waals surface area contributed by atoms with Gasteiger partial charge in [-0.1, -0.05) is 11.2 Å². The maximum absolute atomic E-state index is 12.5. The molecule has 1 fully saturated rings. The largest absolute Gasteiger partial charge is 0.379 e. The summed E-state index contributed by atoms with van der Waals surface area (Å²) in [6, 6.07) is 5.70. The number of hydrogen-bond acceptors (Lipinski definition) is 5. The first-order valence-corrected chi connectivity index (χ1v) is 7.77. The van der Waals surface area contributed by atoms with E-state index in [0.29, 0.717) is 19.5 Å². The minimum Gasteiger partial charge on any atom is -0.379 e. The molecule has 0 aromatic carbocycles. The van der Waals surface area contributed by atoms with E-state index < -0.39 is 0 Å². The molecule has 0 saturated carbocycles. The van der Waals surface area contributed by atoms with E-state index in [4.69, 9.17) is 9.26 Å². The Balaban J connectivity index is 1.62. The number of nitrogens with zero attached hydrogens (tertiary/aromatic N) is 3. The Hall–Kier alpha value is -2.21. The molecule has 0 aliphatic carbocycles. The number of methoxy groups -OCH3 is 1. The van der Waals surface area contributed by atoms with Crippen LogP contribution in [0.25, 0.3) is 0 Å². The molecule has 0 radical (unpaired) electrons. The second kappa shape index (κ2) is 6.91. The molecular formula is C17H21N3O3. The molecule has 0 bridgehead atoms. The molecule has 0 N–H and O–H groups in total. The van der Waals surface area contributed by atoms with Gasteiger partial charge >= 0.3 is 0 Å². The number of ether oxygens (including phenoxy) is 1. The van der Waals surface area contributed by atoms with Crippen molar-refractivity contribution in [3.8, 4) is 0 Å². The van der Waals surface area contributed by atoms with Crippen molar-refractivity contribution in [1.29, 1.82) is 0 Å². The van der Waals surface area contributed by atoms with E-state index in [9.17, 15) is 4.79 Å². The fraction of sp³-hybridized carbons (Fsp3) is 0.471. The van der Waals surface area contributed by atoms with E-state index in [1.54, 1.807) is 19.5 Å². The fourth-order valence-corrected chi connectivity index (χ4v) is 3.07. The van der Waals surface area contributed by atoms with E-state index in [-0.39, 0.29) is 17.9 Å². The summed E-state index contributed by atoms with van der Waals surface area (Å²) in [4.78, 5) is 18.4. The number of amides is 1. The molecule has 1 aliphatic rings. The summed E-state index contributed by atoms with van der Waals surface area (Å²) in [5, 5.41) is 3.92. The van der Waals surface area contributed by atoms with Gasteiger partial charge in [0, 0.05) is 51.0 Å². The highest BCUT2D eigenvalue weighted by atomic mass is 16.5. The highest BCUT2D eigenvalue weighted by molar-refractivity contribution is 5.79. The van der Waals surface area contributed by atoms with Gasteiger partial charge in [0.2, 0.25) is 5.91 Å². The van der Waals surface area contributed by atoms with Crippen molar-refractivity contribution in [3.05, 3.63) is 47.6 Å². The lowest BCUT2D eigenvalue weighted by Crippen LogP contribution is -2.31. The van der Waals surface area contributed by atoms with Crippen molar-refractivity contribution < 1.29 is 14.1 Å². The summed E-state index contributed by atoms with van der Waals surface area (Å²) >= 11 is 0. The summed E-state index contributed by atoms with van der Waals surface area (Å²) in [5.74, 6) is 1.18. The molecular weight excluding hydrogens is 294 g/mol. The smallest absolute Gasteiger partial charge is 0.227 e. The van der Waals surface area contributed by atoms with Gasteiger partial charge in [-0.25, -0.2) is 0 Å². The Kier molecular flexibility index (Phi) is 4.71. The van der Waals surface area contributed by atoms with Crippen LogP contribution < -0.4 is 0 Å². The molecule has 2 unspecified atom stereocenters. The predicted octanol–water partition coefficient (Wildman–Crippen LogP) is 1.64. The lowest BCUT2D eigenvalue weighted by atomic mass is 10.0. The molecule has 122 valence electrons. The highest BCUT2D eigenvalue weighted by Gasteiger charge is 2.35. The van der Waals surface area contributed by atoms with Crippen molar-refractivity contribution in [1.82, 2.24) is 15.0 Å². The highest BCUT2D eigenvalue weighted by Crippen LogP contribution is 2.24. The van der Waals surface area contributed by atoms with Crippen molar-refractivity contribution in [2.75, 3.05) is 20.2 Å². The van der Waals surface area contributed by atoms with Crippen LogP contribution in [0, 0.1) is 12.8 Å². The molecule has 1 amide bonds. The average Bonchev–Trinajstić information content (AvgIpc) is 3.15. The number of aryl methyl sites for hydroxylation is 1. The van der Waals surface area contributed by atoms with Gasteiger partial charge in [0.25, 0.3) is 0 Å². The Morgan fingerprint density at radius 1 is 1.48 bits per heavy atom. The summed E-state index contributed by atoms with van der Waals surface area (Å²) in [6.45, 7) is 3.20. The first kappa shape index (κ1) is 15.7.